The smallest absolute Gasteiger partial charge is 0.153 e. The Morgan fingerprint density at radius 3 is 2.05 bits per heavy atom. The van der Waals surface area contributed by atoms with Gasteiger partial charge < -0.3 is 5.32 Å². The third-order valence-electron chi connectivity index (χ3n) is 4.70. The van der Waals surface area contributed by atoms with Gasteiger partial charge in [-0.1, -0.05) is 38.5 Å². The van der Waals surface area contributed by atoms with E-state index in [1.54, 1.807) is 0 Å². The maximum Gasteiger partial charge on any atom is 0.153 e. The Morgan fingerprint density at radius 2 is 1.42 bits per heavy atom. The van der Waals surface area contributed by atoms with E-state index in [4.69, 9.17) is 0 Å². The summed E-state index contributed by atoms with van der Waals surface area (Å²) >= 11 is 0. The molecule has 0 aromatic rings. The van der Waals surface area contributed by atoms with Crippen molar-refractivity contribution in [2.24, 2.45) is 0 Å². The van der Waals surface area contributed by atoms with Gasteiger partial charge in [-0.05, 0) is 38.6 Å². The zero-order valence-electron chi connectivity index (χ0n) is 12.1. The lowest BCUT2D eigenvalue weighted by Crippen LogP contribution is -2.33. The first kappa shape index (κ1) is 15.3. The third kappa shape index (κ3) is 5.07. The van der Waals surface area contributed by atoms with Crippen molar-refractivity contribution in [2.45, 2.75) is 81.9 Å². The van der Waals surface area contributed by atoms with Crippen molar-refractivity contribution in [3.8, 4) is 0 Å². The molecule has 0 heterocycles. The van der Waals surface area contributed by atoms with Gasteiger partial charge in [0.25, 0.3) is 0 Å². The van der Waals surface area contributed by atoms with Crippen LogP contribution in [0.15, 0.2) is 0 Å². The molecule has 0 unspecified atom stereocenters. The molecule has 0 aromatic carbocycles. The van der Waals surface area contributed by atoms with Crippen LogP contribution in [0.5, 0.6) is 0 Å². The molecule has 19 heavy (non-hydrogen) atoms. The molecule has 2 fully saturated rings. The molecule has 0 spiro atoms. The molecule has 2 aliphatic rings. The topological polar surface area (TPSA) is 46.2 Å². The lowest BCUT2D eigenvalue weighted by Gasteiger charge is -2.24. The zero-order valence-corrected chi connectivity index (χ0v) is 12.9. The van der Waals surface area contributed by atoms with Crippen LogP contribution in [0.1, 0.15) is 70.6 Å². The van der Waals surface area contributed by atoms with Gasteiger partial charge in [-0.2, -0.15) is 0 Å². The predicted molar refractivity (Wildman–Crippen MR) is 80.2 cm³/mol. The van der Waals surface area contributed by atoms with Gasteiger partial charge >= 0.3 is 0 Å². The molecule has 0 aromatic heterocycles. The number of rotatable bonds is 6. The van der Waals surface area contributed by atoms with E-state index < -0.39 is 9.84 Å². The maximum atomic E-state index is 12.2. The van der Waals surface area contributed by atoms with E-state index in [1.165, 1.54) is 38.5 Å². The summed E-state index contributed by atoms with van der Waals surface area (Å²) in [6.45, 7) is 0.872. The van der Waals surface area contributed by atoms with Crippen molar-refractivity contribution >= 4 is 9.84 Å². The van der Waals surface area contributed by atoms with E-state index in [2.05, 4.69) is 5.32 Å². The van der Waals surface area contributed by atoms with E-state index in [0.29, 0.717) is 11.8 Å². The maximum absolute atomic E-state index is 12.2. The van der Waals surface area contributed by atoms with Gasteiger partial charge in [0.15, 0.2) is 9.84 Å². The molecule has 112 valence electrons. The molecule has 0 atom stereocenters. The van der Waals surface area contributed by atoms with Gasteiger partial charge in [-0.15, -0.1) is 0 Å². The predicted octanol–water partition coefficient (Wildman–Crippen LogP) is 3.05. The van der Waals surface area contributed by atoms with Gasteiger partial charge in [0.2, 0.25) is 0 Å². The fourth-order valence-corrected chi connectivity index (χ4v) is 5.41. The number of sulfone groups is 1. The van der Waals surface area contributed by atoms with E-state index in [1.807, 2.05) is 0 Å². The molecule has 1 N–H and O–H groups in total. The van der Waals surface area contributed by atoms with E-state index in [0.717, 1.165) is 38.6 Å². The fourth-order valence-electron chi connectivity index (χ4n) is 3.48. The molecule has 2 aliphatic carbocycles. The Hall–Kier alpha value is -0.0900. The molecule has 4 heteroatoms. The monoisotopic (exact) mass is 287 g/mol. The van der Waals surface area contributed by atoms with Crippen molar-refractivity contribution in [3.63, 3.8) is 0 Å². The molecule has 0 bridgehead atoms. The normalized spacial score (nSPS) is 23.6. The average Bonchev–Trinajstić information content (AvgIpc) is 2.46. The van der Waals surface area contributed by atoms with E-state index in [9.17, 15) is 8.42 Å². The summed E-state index contributed by atoms with van der Waals surface area (Å²) in [5, 5.41) is 3.50. The first-order valence-electron chi connectivity index (χ1n) is 8.13. The van der Waals surface area contributed by atoms with Crippen LogP contribution in [-0.4, -0.2) is 32.0 Å². The minimum atomic E-state index is -2.83. The van der Waals surface area contributed by atoms with Gasteiger partial charge in [0.05, 0.1) is 11.0 Å². The number of hydrogen-bond acceptors (Lipinski definition) is 3. The van der Waals surface area contributed by atoms with E-state index >= 15 is 0 Å². The first-order chi connectivity index (χ1) is 9.18. The van der Waals surface area contributed by atoms with Crippen molar-refractivity contribution in [2.75, 3.05) is 12.3 Å². The van der Waals surface area contributed by atoms with Crippen LogP contribution in [0.4, 0.5) is 0 Å². The first-order valence-corrected chi connectivity index (χ1v) is 9.85. The minimum absolute atomic E-state index is 0.0315. The van der Waals surface area contributed by atoms with Crippen molar-refractivity contribution in [1.82, 2.24) is 5.32 Å². The molecule has 0 saturated heterocycles. The molecule has 0 amide bonds. The summed E-state index contributed by atoms with van der Waals surface area (Å²) in [6.07, 6.45) is 12.6. The fraction of sp³-hybridized carbons (Fsp3) is 1.00. The highest BCUT2D eigenvalue weighted by molar-refractivity contribution is 7.92. The molecule has 2 rings (SSSR count). The Labute approximate surface area is 118 Å². The second-order valence-corrected chi connectivity index (χ2v) is 8.67. The Kier molecular flexibility index (Phi) is 6.14. The van der Waals surface area contributed by atoms with Crippen LogP contribution in [0, 0.1) is 0 Å². The Balaban J connectivity index is 1.63. The lowest BCUT2D eigenvalue weighted by molar-refractivity contribution is 0.374. The zero-order chi connectivity index (χ0) is 13.6. The highest BCUT2D eigenvalue weighted by Crippen LogP contribution is 2.24. The number of nitrogens with one attached hydrogen (secondary N) is 1. The largest absolute Gasteiger partial charge is 0.314 e. The summed E-state index contributed by atoms with van der Waals surface area (Å²) in [7, 11) is -2.83. The van der Waals surface area contributed by atoms with Crippen LogP contribution in [-0.2, 0) is 9.84 Å². The molecule has 2 saturated carbocycles. The summed E-state index contributed by atoms with van der Waals surface area (Å²) in [5.41, 5.74) is 0. The quantitative estimate of drug-likeness (QED) is 0.764. The standard InChI is InChI=1S/C15H29NO2S/c17-19(18,15-10-5-2-6-11-15)13-7-12-16-14-8-3-1-4-9-14/h14-16H,1-13H2. The average molecular weight is 287 g/mol. The van der Waals surface area contributed by atoms with Crippen molar-refractivity contribution < 1.29 is 8.42 Å². The molecule has 0 aliphatic heterocycles. The van der Waals surface area contributed by atoms with Gasteiger partial charge in [-0.25, -0.2) is 8.42 Å². The number of hydrogen-bond donors (Lipinski definition) is 1. The van der Waals surface area contributed by atoms with Gasteiger partial charge in [0.1, 0.15) is 0 Å². The highest BCUT2D eigenvalue weighted by Gasteiger charge is 2.26. The SMILES string of the molecule is O=S(=O)(CCCNC1CCCCC1)C1CCCCC1. The van der Waals surface area contributed by atoms with Crippen LogP contribution < -0.4 is 5.32 Å². The van der Waals surface area contributed by atoms with Gasteiger partial charge in [-0.3, -0.25) is 0 Å². The highest BCUT2D eigenvalue weighted by atomic mass is 32.2. The lowest BCUT2D eigenvalue weighted by atomic mass is 9.95. The summed E-state index contributed by atoms with van der Waals surface area (Å²) in [5.74, 6) is 0.386. The van der Waals surface area contributed by atoms with Crippen LogP contribution >= 0.6 is 0 Å². The van der Waals surface area contributed by atoms with Crippen LogP contribution in [0.2, 0.25) is 0 Å². The van der Waals surface area contributed by atoms with Crippen LogP contribution in [0.25, 0.3) is 0 Å². The summed E-state index contributed by atoms with van der Waals surface area (Å²) < 4.78 is 24.4. The minimum Gasteiger partial charge on any atom is -0.314 e. The molecule has 3 nitrogen and oxygen atoms in total. The Bertz CT molecular complexity index is 341. The Morgan fingerprint density at radius 1 is 0.842 bits per heavy atom. The molecular weight excluding hydrogens is 258 g/mol. The van der Waals surface area contributed by atoms with Gasteiger partial charge in [0, 0.05) is 6.04 Å². The van der Waals surface area contributed by atoms with Crippen LogP contribution in [0.3, 0.4) is 0 Å². The second kappa shape index (κ2) is 7.63. The van der Waals surface area contributed by atoms with E-state index in [-0.39, 0.29) is 5.25 Å². The molecule has 0 radical (unpaired) electrons. The van der Waals surface area contributed by atoms with Crippen molar-refractivity contribution in [3.05, 3.63) is 0 Å². The third-order valence-corrected chi connectivity index (χ3v) is 7.05. The van der Waals surface area contributed by atoms with Crippen molar-refractivity contribution in [1.29, 1.82) is 0 Å². The second-order valence-electron chi connectivity index (χ2n) is 6.27. The summed E-state index contributed by atoms with van der Waals surface area (Å²) in [4.78, 5) is 0. The molecular formula is C15H29NO2S. The summed E-state index contributed by atoms with van der Waals surface area (Å²) in [6, 6.07) is 0.645.